The number of allylic oxidation sites excluding steroid dienone is 2. The minimum atomic E-state index is -1.55. The lowest BCUT2D eigenvalue weighted by Gasteiger charge is -2.47. The molecule has 4 aliphatic heterocycles. The number of fused-ring (bicyclic) bond motifs is 1. The van der Waals surface area contributed by atoms with Crippen molar-refractivity contribution in [1.29, 1.82) is 0 Å². The Bertz CT molecular complexity index is 1600. The van der Waals surface area contributed by atoms with Crippen molar-refractivity contribution < 1.29 is 52.8 Å². The molecule has 56 heavy (non-hydrogen) atoms. The summed E-state index contributed by atoms with van der Waals surface area (Å²) in [5, 5.41) is 18.5. The number of dihydropyridines is 1. The number of rotatable bonds is 8. The van der Waals surface area contributed by atoms with Crippen LogP contribution in [0, 0.1) is 47.3 Å². The lowest BCUT2D eigenvalue weighted by Crippen LogP contribution is -2.59. The second kappa shape index (κ2) is 18.6. The summed E-state index contributed by atoms with van der Waals surface area (Å²) < 4.78 is 30.9. The molecule has 0 amide bonds. The molecule has 0 bridgehead atoms. The van der Waals surface area contributed by atoms with Crippen LogP contribution in [-0.2, 0) is 47.7 Å². The number of amidine groups is 1. The van der Waals surface area contributed by atoms with Gasteiger partial charge >= 0.3 is 11.9 Å². The zero-order chi connectivity index (χ0) is 41.7. The highest BCUT2D eigenvalue weighted by molar-refractivity contribution is 6.03. The molecule has 4 aliphatic rings. The number of ketones is 2. The van der Waals surface area contributed by atoms with Crippen LogP contribution in [-0.4, -0.2) is 121 Å². The van der Waals surface area contributed by atoms with Gasteiger partial charge in [-0.15, -0.1) is 0 Å². The average Bonchev–Trinajstić information content (AvgIpc) is 3.44. The van der Waals surface area contributed by atoms with Gasteiger partial charge < -0.3 is 49.6 Å². The Morgan fingerprint density at radius 3 is 2.38 bits per heavy atom. The second-order valence-electron chi connectivity index (χ2n) is 16.3. The highest BCUT2D eigenvalue weighted by Crippen LogP contribution is 2.48. The molecular formula is C41H62N4O11. The van der Waals surface area contributed by atoms with Crippen molar-refractivity contribution in [3.05, 3.63) is 24.4 Å². The van der Waals surface area contributed by atoms with Crippen LogP contribution in [0.1, 0.15) is 74.7 Å². The largest absolute Gasteiger partial charge is 0.458 e. The van der Waals surface area contributed by atoms with Gasteiger partial charge in [0.15, 0.2) is 30.1 Å². The molecule has 0 radical (unpaired) electrons. The SMILES string of the molecule is CC[C@H]1OC(=O)[C@H](C)C(=O)[C@H](C)[C@@H](OC2OC(C)CC(N(C)C)C2O)[C@@](C)(OC)C[C@@H](C)C(=O)[C@H](C)C2C(/C(N)=N\OCC#CC3C=CC=CN3)C(=O)O[C@@]21C. The number of nitrogens with two attached hydrogens (primary N) is 1. The van der Waals surface area contributed by atoms with Gasteiger partial charge in [-0.05, 0) is 73.3 Å². The number of nitrogens with zero attached hydrogens (tertiary/aromatic N) is 2. The molecule has 0 saturated carbocycles. The molecule has 0 aromatic rings. The van der Waals surface area contributed by atoms with E-state index < -0.39 is 89.0 Å². The van der Waals surface area contributed by atoms with E-state index in [1.165, 1.54) is 14.0 Å². The number of hydrogen-bond acceptors (Lipinski definition) is 14. The Kier molecular flexibility index (Phi) is 14.9. The summed E-state index contributed by atoms with van der Waals surface area (Å²) in [6.45, 7) is 13.4. The predicted octanol–water partition coefficient (Wildman–Crippen LogP) is 2.49. The minimum absolute atomic E-state index is 0.0650. The van der Waals surface area contributed by atoms with Gasteiger partial charge in [0.1, 0.15) is 35.9 Å². The number of cyclic esters (lactones) is 1. The normalized spacial score (nSPS) is 41.2. The van der Waals surface area contributed by atoms with Crippen LogP contribution >= 0.6 is 0 Å². The van der Waals surface area contributed by atoms with Crippen molar-refractivity contribution in [2.45, 2.75) is 129 Å². The molecule has 0 aromatic heterocycles. The molecule has 4 N–H and O–H groups in total. The van der Waals surface area contributed by atoms with Crippen molar-refractivity contribution in [1.82, 2.24) is 10.2 Å². The standard InChI is InChI=1S/C41H62N4O11/c1-12-29-41(8)31(30(38(50)56-41)36(42)44-52-19-15-17-27-16-13-14-18-43-27)24(4)32(46)22(2)21-40(7,51-11)35(25(5)33(47)26(6)37(49)54-29)55-39-34(48)28(45(9)10)20-23(3)53-39/h13-14,16,18,22-31,34-35,39,43,48H,12,19-21H2,1-11H3,(H2,42,44)/t22-,23?,24-,25+,26-,27?,28?,29-,30?,31?,34?,35-,39?,40+,41-/m1/s1. The third-order valence-corrected chi connectivity index (χ3v) is 12.0. The van der Waals surface area contributed by atoms with E-state index in [0.29, 0.717) is 6.42 Å². The number of carbonyl (C=O) groups is 4. The van der Waals surface area contributed by atoms with Crippen LogP contribution < -0.4 is 11.1 Å². The van der Waals surface area contributed by atoms with Gasteiger partial charge in [0.25, 0.3) is 0 Å². The molecule has 0 spiro atoms. The zero-order valence-electron chi connectivity index (χ0n) is 34.6. The van der Waals surface area contributed by atoms with Crippen molar-refractivity contribution in [2.24, 2.45) is 46.4 Å². The van der Waals surface area contributed by atoms with Crippen molar-refractivity contribution in [3.63, 3.8) is 0 Å². The van der Waals surface area contributed by atoms with E-state index in [1.54, 1.807) is 47.7 Å². The van der Waals surface area contributed by atoms with E-state index in [1.807, 2.05) is 44.1 Å². The Balaban J connectivity index is 1.73. The summed E-state index contributed by atoms with van der Waals surface area (Å²) >= 11 is 0. The fourth-order valence-corrected chi connectivity index (χ4v) is 8.83. The fourth-order valence-electron chi connectivity index (χ4n) is 8.83. The van der Waals surface area contributed by atoms with Gasteiger partial charge in [0.05, 0.1) is 17.8 Å². The summed E-state index contributed by atoms with van der Waals surface area (Å²) in [7, 11) is 5.17. The van der Waals surface area contributed by atoms with Gasteiger partial charge in [0.2, 0.25) is 0 Å². The number of esters is 2. The average molecular weight is 787 g/mol. The van der Waals surface area contributed by atoms with Crippen LogP contribution in [0.15, 0.2) is 29.6 Å². The maximum absolute atomic E-state index is 14.6. The van der Waals surface area contributed by atoms with Crippen LogP contribution in [0.2, 0.25) is 0 Å². The molecule has 15 heteroatoms. The molecule has 15 atom stereocenters. The Hall–Kier alpha value is -3.81. The van der Waals surface area contributed by atoms with E-state index in [4.69, 9.17) is 34.3 Å². The number of aliphatic hydroxyl groups is 1. The van der Waals surface area contributed by atoms with E-state index in [2.05, 4.69) is 22.3 Å². The Labute approximate surface area is 331 Å². The molecule has 4 heterocycles. The number of methoxy groups -OCH3 is 1. The number of hydrogen-bond donors (Lipinski definition) is 3. The van der Waals surface area contributed by atoms with E-state index in [9.17, 15) is 24.3 Å². The number of aliphatic hydroxyl groups excluding tert-OH is 1. The fraction of sp³-hybridized carbons (Fsp3) is 0.732. The zero-order valence-corrected chi connectivity index (χ0v) is 34.6. The minimum Gasteiger partial charge on any atom is -0.458 e. The van der Waals surface area contributed by atoms with E-state index in [0.717, 1.165) is 0 Å². The van der Waals surface area contributed by atoms with Gasteiger partial charge in [-0.25, -0.2) is 0 Å². The van der Waals surface area contributed by atoms with Crippen molar-refractivity contribution in [2.75, 3.05) is 27.8 Å². The Morgan fingerprint density at radius 1 is 1.07 bits per heavy atom. The number of Topliss-reactive ketones (excluding diaryl/α,β-unsaturated/α-hetero) is 2. The van der Waals surface area contributed by atoms with E-state index >= 15 is 0 Å². The van der Waals surface area contributed by atoms with Crippen molar-refractivity contribution >= 4 is 29.3 Å². The lowest BCUT2D eigenvalue weighted by atomic mass is 9.67. The summed E-state index contributed by atoms with van der Waals surface area (Å²) in [5.41, 5.74) is 3.60. The number of carbonyl (C=O) groups excluding carboxylic acids is 4. The number of nitrogens with one attached hydrogen (secondary N) is 1. The molecule has 15 nitrogen and oxygen atoms in total. The third-order valence-electron chi connectivity index (χ3n) is 12.0. The molecule has 0 aliphatic carbocycles. The summed E-state index contributed by atoms with van der Waals surface area (Å²) in [6.07, 6.45) is 3.50. The predicted molar refractivity (Wildman–Crippen MR) is 206 cm³/mol. The molecule has 3 fully saturated rings. The highest BCUT2D eigenvalue weighted by atomic mass is 16.7. The summed E-state index contributed by atoms with van der Waals surface area (Å²) in [4.78, 5) is 63.9. The van der Waals surface area contributed by atoms with Crippen LogP contribution in [0.4, 0.5) is 0 Å². The van der Waals surface area contributed by atoms with Gasteiger partial charge in [-0.3, -0.25) is 19.2 Å². The molecule has 312 valence electrons. The monoisotopic (exact) mass is 786 g/mol. The molecule has 3 saturated heterocycles. The summed E-state index contributed by atoms with van der Waals surface area (Å²) in [6, 6.07) is -0.498. The first-order valence-electron chi connectivity index (χ1n) is 19.6. The highest BCUT2D eigenvalue weighted by Gasteiger charge is 2.62. The molecular weight excluding hydrogens is 724 g/mol. The van der Waals surface area contributed by atoms with Gasteiger partial charge in [-0.2, -0.15) is 0 Å². The van der Waals surface area contributed by atoms with Crippen LogP contribution in [0.5, 0.6) is 0 Å². The first-order chi connectivity index (χ1) is 26.3. The maximum atomic E-state index is 14.6. The van der Waals surface area contributed by atoms with E-state index in [-0.39, 0.29) is 49.3 Å². The second-order valence-corrected chi connectivity index (χ2v) is 16.3. The Morgan fingerprint density at radius 2 is 1.77 bits per heavy atom. The van der Waals surface area contributed by atoms with Crippen molar-refractivity contribution in [3.8, 4) is 11.8 Å². The molecule has 0 aromatic carbocycles. The molecule has 4 rings (SSSR count). The quantitative estimate of drug-likeness (QED) is 0.0617. The molecule has 7 unspecified atom stereocenters. The number of oxime groups is 1. The maximum Gasteiger partial charge on any atom is 0.317 e. The first kappa shape index (κ1) is 44.9. The summed E-state index contributed by atoms with van der Waals surface area (Å²) in [5.74, 6) is -2.82. The number of ether oxygens (including phenoxy) is 5. The van der Waals surface area contributed by atoms with Crippen LogP contribution in [0.25, 0.3) is 0 Å². The first-order valence-corrected chi connectivity index (χ1v) is 19.6. The van der Waals surface area contributed by atoms with Gasteiger partial charge in [0, 0.05) is 36.8 Å². The third kappa shape index (κ3) is 9.48. The van der Waals surface area contributed by atoms with Gasteiger partial charge in [-0.1, -0.05) is 56.8 Å². The smallest absolute Gasteiger partial charge is 0.317 e. The lowest BCUT2D eigenvalue weighted by molar-refractivity contribution is -0.295. The van der Waals surface area contributed by atoms with Crippen LogP contribution in [0.3, 0.4) is 0 Å². The topological polar surface area (TPSA) is 198 Å². The number of likely N-dealkylation sites (N-methyl/N-ethyl adjacent to an activating group) is 1.